The maximum absolute atomic E-state index is 4.34. The van der Waals surface area contributed by atoms with Crippen molar-refractivity contribution in [3.05, 3.63) is 42.0 Å². The minimum absolute atomic E-state index is 0. The first-order chi connectivity index (χ1) is 10.8. The Labute approximate surface area is 156 Å². The van der Waals surface area contributed by atoms with Crippen LogP contribution in [0.5, 0.6) is 0 Å². The van der Waals surface area contributed by atoms with Crippen LogP contribution in [0.15, 0.2) is 41.4 Å². The molecule has 0 saturated heterocycles. The molecule has 5 heteroatoms. The lowest BCUT2D eigenvalue weighted by Crippen LogP contribution is -2.48. The van der Waals surface area contributed by atoms with Crippen molar-refractivity contribution in [2.75, 3.05) is 25.0 Å². The van der Waals surface area contributed by atoms with Crippen molar-refractivity contribution in [3.8, 4) is 0 Å². The van der Waals surface area contributed by atoms with Crippen molar-refractivity contribution in [3.63, 3.8) is 0 Å². The Morgan fingerprint density at radius 1 is 1.30 bits per heavy atom. The van der Waals surface area contributed by atoms with Gasteiger partial charge in [-0.1, -0.05) is 30.4 Å². The second-order valence-electron chi connectivity index (χ2n) is 6.16. The van der Waals surface area contributed by atoms with Crippen molar-refractivity contribution < 1.29 is 0 Å². The molecular weight excluding hydrogens is 399 g/mol. The molecule has 2 N–H and O–H groups in total. The van der Waals surface area contributed by atoms with E-state index in [0.717, 1.165) is 38.3 Å². The molecule has 1 heterocycles. The van der Waals surface area contributed by atoms with Gasteiger partial charge in [-0.15, -0.1) is 24.0 Å². The summed E-state index contributed by atoms with van der Waals surface area (Å²) in [5.74, 6) is 0.910. The molecule has 126 valence electrons. The first-order valence-corrected chi connectivity index (χ1v) is 8.24. The first kappa shape index (κ1) is 18.1. The maximum Gasteiger partial charge on any atom is 0.191 e. The summed E-state index contributed by atoms with van der Waals surface area (Å²) in [6, 6.07) is 9.68. The van der Waals surface area contributed by atoms with E-state index >= 15 is 0 Å². The molecule has 1 unspecified atom stereocenters. The summed E-state index contributed by atoms with van der Waals surface area (Å²) >= 11 is 0. The van der Waals surface area contributed by atoms with Crippen molar-refractivity contribution in [1.82, 2.24) is 10.6 Å². The van der Waals surface area contributed by atoms with Crippen molar-refractivity contribution >= 4 is 35.6 Å². The van der Waals surface area contributed by atoms with Crippen LogP contribution >= 0.6 is 24.0 Å². The highest BCUT2D eigenvalue weighted by molar-refractivity contribution is 14.0. The van der Waals surface area contributed by atoms with E-state index in [1.807, 2.05) is 7.05 Å². The number of aliphatic imine (C=N–C) groups is 1. The quantitative estimate of drug-likeness (QED) is 0.337. The molecule has 0 fully saturated rings. The summed E-state index contributed by atoms with van der Waals surface area (Å²) in [5.41, 5.74) is 2.86. The highest BCUT2D eigenvalue weighted by atomic mass is 127. The Morgan fingerprint density at radius 3 is 2.78 bits per heavy atom. The van der Waals surface area contributed by atoms with Gasteiger partial charge in [0.2, 0.25) is 0 Å². The number of halogens is 1. The molecule has 1 atom stereocenters. The van der Waals surface area contributed by atoms with Crippen LogP contribution < -0.4 is 15.5 Å². The number of benzene rings is 1. The second-order valence-corrected chi connectivity index (χ2v) is 6.16. The number of nitrogens with zero attached hydrogens (tertiary/aromatic N) is 2. The zero-order valence-electron chi connectivity index (χ0n) is 14.0. The van der Waals surface area contributed by atoms with Gasteiger partial charge in [-0.2, -0.15) is 0 Å². The number of fused-ring (bicyclic) bond motifs is 1. The Balaban J connectivity index is 0.00000192. The standard InChI is InChI=1S/C18H26N4.HI/c1-14(22-12-11-15-7-3-6-10-17(15)22)13-20-18(19-2)21-16-8-4-5-9-16;/h3-7,10,14,16H,8-9,11-13H2,1-2H3,(H2,19,20,21);1H. The summed E-state index contributed by atoms with van der Waals surface area (Å²) in [6.45, 7) is 4.29. The lowest BCUT2D eigenvalue weighted by molar-refractivity contribution is 0.600. The number of guanidine groups is 1. The summed E-state index contributed by atoms with van der Waals surface area (Å²) < 4.78 is 0. The Hall–Kier alpha value is -1.24. The SMILES string of the molecule is CN=C(NCC(C)N1CCc2ccccc21)NC1CC=CC1.I. The maximum atomic E-state index is 4.34. The third-order valence-electron chi connectivity index (χ3n) is 4.59. The lowest BCUT2D eigenvalue weighted by atomic mass is 10.2. The molecule has 2 aliphatic rings. The Kier molecular flexibility index (Phi) is 6.74. The minimum Gasteiger partial charge on any atom is -0.366 e. The Morgan fingerprint density at radius 2 is 2.04 bits per heavy atom. The largest absolute Gasteiger partial charge is 0.366 e. The van der Waals surface area contributed by atoms with Gasteiger partial charge in [0.05, 0.1) is 0 Å². The molecule has 0 aromatic heterocycles. The van der Waals surface area contributed by atoms with Crippen LogP contribution in [0.1, 0.15) is 25.3 Å². The third kappa shape index (κ3) is 4.40. The fraction of sp³-hybridized carbons (Fsp3) is 0.500. The highest BCUT2D eigenvalue weighted by Gasteiger charge is 2.23. The monoisotopic (exact) mass is 426 g/mol. The van der Waals surface area contributed by atoms with Gasteiger partial charge < -0.3 is 15.5 Å². The zero-order chi connectivity index (χ0) is 15.4. The molecule has 3 rings (SSSR count). The van der Waals surface area contributed by atoms with Gasteiger partial charge in [0.15, 0.2) is 5.96 Å². The average Bonchev–Trinajstić information content (AvgIpc) is 3.20. The van der Waals surface area contributed by atoms with E-state index in [1.54, 1.807) is 0 Å². The van der Waals surface area contributed by atoms with E-state index in [9.17, 15) is 0 Å². The predicted molar refractivity (Wildman–Crippen MR) is 109 cm³/mol. The van der Waals surface area contributed by atoms with E-state index in [2.05, 4.69) is 63.9 Å². The smallest absolute Gasteiger partial charge is 0.191 e. The fourth-order valence-corrected chi connectivity index (χ4v) is 3.30. The number of anilines is 1. The molecule has 1 aromatic rings. The van der Waals surface area contributed by atoms with Crippen molar-refractivity contribution in [1.29, 1.82) is 0 Å². The molecule has 0 radical (unpaired) electrons. The molecule has 0 amide bonds. The first-order valence-electron chi connectivity index (χ1n) is 8.24. The van der Waals surface area contributed by atoms with E-state index in [-0.39, 0.29) is 24.0 Å². The molecule has 1 aromatic carbocycles. The molecule has 1 aliphatic carbocycles. The normalized spacial score (nSPS) is 18.5. The zero-order valence-corrected chi connectivity index (χ0v) is 16.3. The van der Waals surface area contributed by atoms with Gasteiger partial charge in [-0.3, -0.25) is 4.99 Å². The van der Waals surface area contributed by atoms with E-state index < -0.39 is 0 Å². The number of rotatable bonds is 4. The molecule has 4 nitrogen and oxygen atoms in total. The fourth-order valence-electron chi connectivity index (χ4n) is 3.30. The minimum atomic E-state index is 0. The summed E-state index contributed by atoms with van der Waals surface area (Å²) in [6.07, 6.45) is 7.80. The predicted octanol–water partition coefficient (Wildman–Crippen LogP) is 2.94. The van der Waals surface area contributed by atoms with Crippen LogP contribution in [0.25, 0.3) is 0 Å². The number of nitrogens with one attached hydrogen (secondary N) is 2. The summed E-state index contributed by atoms with van der Waals surface area (Å²) in [4.78, 5) is 6.84. The van der Waals surface area contributed by atoms with Gasteiger partial charge in [0.1, 0.15) is 0 Å². The highest BCUT2D eigenvalue weighted by Crippen LogP contribution is 2.28. The van der Waals surface area contributed by atoms with Gasteiger partial charge in [0, 0.05) is 37.9 Å². The van der Waals surface area contributed by atoms with Crippen LogP contribution in [0, 0.1) is 0 Å². The molecular formula is C18H27IN4. The van der Waals surface area contributed by atoms with E-state index in [4.69, 9.17) is 0 Å². The van der Waals surface area contributed by atoms with Gasteiger partial charge in [-0.05, 0) is 37.8 Å². The molecule has 23 heavy (non-hydrogen) atoms. The molecule has 0 spiro atoms. The van der Waals surface area contributed by atoms with E-state index in [0.29, 0.717) is 12.1 Å². The summed E-state index contributed by atoms with van der Waals surface area (Å²) in [5, 5.41) is 6.96. The number of para-hydroxylation sites is 1. The Bertz CT molecular complexity index is 562. The topological polar surface area (TPSA) is 39.7 Å². The lowest BCUT2D eigenvalue weighted by Gasteiger charge is -2.28. The molecule has 0 saturated carbocycles. The molecule has 0 bridgehead atoms. The van der Waals surface area contributed by atoms with Crippen LogP contribution in [0.2, 0.25) is 0 Å². The number of hydrogen-bond acceptors (Lipinski definition) is 2. The molecule has 1 aliphatic heterocycles. The third-order valence-corrected chi connectivity index (χ3v) is 4.59. The van der Waals surface area contributed by atoms with Crippen molar-refractivity contribution in [2.24, 2.45) is 4.99 Å². The van der Waals surface area contributed by atoms with Gasteiger partial charge >= 0.3 is 0 Å². The average molecular weight is 426 g/mol. The number of hydrogen-bond donors (Lipinski definition) is 2. The van der Waals surface area contributed by atoms with Crippen LogP contribution in [-0.2, 0) is 6.42 Å². The van der Waals surface area contributed by atoms with Gasteiger partial charge in [0.25, 0.3) is 0 Å². The van der Waals surface area contributed by atoms with Crippen molar-refractivity contribution in [2.45, 2.75) is 38.3 Å². The van der Waals surface area contributed by atoms with Crippen LogP contribution in [0.3, 0.4) is 0 Å². The van der Waals surface area contributed by atoms with Crippen LogP contribution in [-0.4, -0.2) is 38.2 Å². The van der Waals surface area contributed by atoms with E-state index in [1.165, 1.54) is 11.3 Å². The van der Waals surface area contributed by atoms with Gasteiger partial charge in [-0.25, -0.2) is 0 Å². The second kappa shape index (κ2) is 8.57. The van der Waals surface area contributed by atoms with Crippen LogP contribution in [0.4, 0.5) is 5.69 Å². The summed E-state index contributed by atoms with van der Waals surface area (Å²) in [7, 11) is 1.84.